The van der Waals surface area contributed by atoms with Crippen molar-refractivity contribution in [3.8, 4) is 0 Å². The zero-order valence-electron chi connectivity index (χ0n) is 9.52. The van der Waals surface area contributed by atoms with Gasteiger partial charge in [-0.2, -0.15) is 0 Å². The Hall–Kier alpha value is -1.61. The van der Waals surface area contributed by atoms with Gasteiger partial charge in [-0.05, 0) is 13.0 Å². The number of aryl methyl sites for hydroxylation is 1. The molecule has 0 amide bonds. The standard InChI is InChI=1S/C13H12ClN3/c1-2-17-12(7-14)16-11-8-15-10-6-4-3-5-9(10)13(11)17/h3-6,8H,2,7H2,1H3. The van der Waals surface area contributed by atoms with Crippen molar-refractivity contribution in [2.75, 3.05) is 0 Å². The second-order valence-electron chi connectivity index (χ2n) is 3.92. The van der Waals surface area contributed by atoms with Crippen molar-refractivity contribution in [3.63, 3.8) is 0 Å². The van der Waals surface area contributed by atoms with Gasteiger partial charge in [0.1, 0.15) is 11.3 Å². The number of nitrogens with zero attached hydrogens (tertiary/aromatic N) is 3. The van der Waals surface area contributed by atoms with Crippen LogP contribution in [0.3, 0.4) is 0 Å². The van der Waals surface area contributed by atoms with Crippen LogP contribution in [0.2, 0.25) is 0 Å². The number of fused-ring (bicyclic) bond motifs is 3. The summed E-state index contributed by atoms with van der Waals surface area (Å²) in [7, 11) is 0. The molecule has 2 aromatic heterocycles. The van der Waals surface area contributed by atoms with Crippen LogP contribution < -0.4 is 0 Å². The van der Waals surface area contributed by atoms with Gasteiger partial charge in [-0.15, -0.1) is 11.6 Å². The normalized spacial score (nSPS) is 11.4. The average Bonchev–Trinajstić information content (AvgIpc) is 2.76. The van der Waals surface area contributed by atoms with Crippen LogP contribution in [0.1, 0.15) is 12.7 Å². The van der Waals surface area contributed by atoms with E-state index in [0.717, 1.165) is 34.3 Å². The third-order valence-corrected chi connectivity index (χ3v) is 3.23. The van der Waals surface area contributed by atoms with Gasteiger partial charge in [-0.3, -0.25) is 4.98 Å². The summed E-state index contributed by atoms with van der Waals surface area (Å²) < 4.78 is 2.16. The Bertz CT molecular complexity index is 688. The maximum absolute atomic E-state index is 5.93. The first-order chi connectivity index (χ1) is 8.35. The monoisotopic (exact) mass is 245 g/mol. The fourth-order valence-corrected chi connectivity index (χ4v) is 2.46. The van der Waals surface area contributed by atoms with E-state index in [9.17, 15) is 0 Å². The molecule has 0 saturated carbocycles. The summed E-state index contributed by atoms with van der Waals surface area (Å²) in [6, 6.07) is 8.12. The quantitative estimate of drug-likeness (QED) is 0.649. The molecule has 0 bridgehead atoms. The summed E-state index contributed by atoms with van der Waals surface area (Å²) in [5.74, 6) is 1.33. The van der Waals surface area contributed by atoms with E-state index in [1.165, 1.54) is 0 Å². The van der Waals surface area contributed by atoms with Crippen LogP contribution in [-0.4, -0.2) is 14.5 Å². The first-order valence-corrected chi connectivity index (χ1v) is 6.17. The number of pyridine rings is 1. The maximum Gasteiger partial charge on any atom is 0.124 e. The first kappa shape index (κ1) is 10.5. The van der Waals surface area contributed by atoms with Gasteiger partial charge in [0, 0.05) is 11.9 Å². The predicted molar refractivity (Wildman–Crippen MR) is 70.3 cm³/mol. The molecule has 0 aliphatic carbocycles. The number of hydrogen-bond acceptors (Lipinski definition) is 2. The molecule has 0 saturated heterocycles. The van der Waals surface area contributed by atoms with Crippen molar-refractivity contribution in [2.24, 2.45) is 0 Å². The van der Waals surface area contributed by atoms with Crippen LogP contribution in [0, 0.1) is 0 Å². The Morgan fingerprint density at radius 2 is 2.06 bits per heavy atom. The zero-order valence-corrected chi connectivity index (χ0v) is 10.3. The number of alkyl halides is 1. The van der Waals surface area contributed by atoms with Gasteiger partial charge in [0.05, 0.1) is 23.1 Å². The van der Waals surface area contributed by atoms with Crippen LogP contribution in [0.4, 0.5) is 0 Å². The van der Waals surface area contributed by atoms with E-state index in [2.05, 4.69) is 27.5 Å². The van der Waals surface area contributed by atoms with E-state index < -0.39 is 0 Å². The number of aromatic nitrogens is 3. The van der Waals surface area contributed by atoms with Crippen LogP contribution in [0.5, 0.6) is 0 Å². The lowest BCUT2D eigenvalue weighted by molar-refractivity contribution is 0.749. The predicted octanol–water partition coefficient (Wildman–Crippen LogP) is 3.34. The topological polar surface area (TPSA) is 30.7 Å². The fraction of sp³-hybridized carbons (Fsp3) is 0.231. The molecule has 0 N–H and O–H groups in total. The average molecular weight is 246 g/mol. The van der Waals surface area contributed by atoms with Crippen molar-refractivity contribution in [1.82, 2.24) is 14.5 Å². The van der Waals surface area contributed by atoms with Crippen LogP contribution >= 0.6 is 11.6 Å². The molecule has 0 fully saturated rings. The van der Waals surface area contributed by atoms with Crippen LogP contribution in [0.15, 0.2) is 30.5 Å². The number of hydrogen-bond donors (Lipinski definition) is 0. The molecule has 3 aromatic rings. The molecule has 0 radical (unpaired) electrons. The summed E-state index contributed by atoms with van der Waals surface area (Å²) in [6.07, 6.45) is 1.82. The van der Waals surface area contributed by atoms with E-state index >= 15 is 0 Å². The molecule has 3 rings (SSSR count). The molecule has 4 heteroatoms. The smallest absolute Gasteiger partial charge is 0.124 e. The molecular formula is C13H12ClN3. The largest absolute Gasteiger partial charge is 0.327 e. The van der Waals surface area contributed by atoms with Crippen molar-refractivity contribution in [3.05, 3.63) is 36.3 Å². The summed E-state index contributed by atoms with van der Waals surface area (Å²) in [5, 5.41) is 1.13. The minimum Gasteiger partial charge on any atom is -0.327 e. The van der Waals surface area contributed by atoms with Crippen LogP contribution in [0.25, 0.3) is 21.9 Å². The van der Waals surface area contributed by atoms with Gasteiger partial charge in [-0.25, -0.2) is 4.98 Å². The first-order valence-electron chi connectivity index (χ1n) is 5.64. The number of rotatable bonds is 2. The van der Waals surface area contributed by atoms with E-state index in [-0.39, 0.29) is 0 Å². The molecule has 0 unspecified atom stereocenters. The molecule has 86 valence electrons. The lowest BCUT2D eigenvalue weighted by Crippen LogP contribution is -1.99. The van der Waals surface area contributed by atoms with Crippen molar-refractivity contribution in [1.29, 1.82) is 0 Å². The molecule has 0 atom stereocenters. The zero-order chi connectivity index (χ0) is 11.8. The number of para-hydroxylation sites is 1. The van der Waals surface area contributed by atoms with Gasteiger partial charge in [0.15, 0.2) is 0 Å². The Morgan fingerprint density at radius 3 is 2.82 bits per heavy atom. The highest BCUT2D eigenvalue weighted by Crippen LogP contribution is 2.25. The third-order valence-electron chi connectivity index (χ3n) is 2.99. The van der Waals surface area contributed by atoms with Gasteiger partial charge in [0.2, 0.25) is 0 Å². The van der Waals surface area contributed by atoms with Crippen molar-refractivity contribution >= 4 is 33.5 Å². The highest BCUT2D eigenvalue weighted by Gasteiger charge is 2.11. The van der Waals surface area contributed by atoms with Gasteiger partial charge in [0.25, 0.3) is 0 Å². The van der Waals surface area contributed by atoms with E-state index in [0.29, 0.717) is 5.88 Å². The Kier molecular flexibility index (Phi) is 2.48. The van der Waals surface area contributed by atoms with Gasteiger partial charge in [-0.1, -0.05) is 18.2 Å². The van der Waals surface area contributed by atoms with Gasteiger partial charge >= 0.3 is 0 Å². The minimum absolute atomic E-state index is 0.427. The Labute approximate surface area is 104 Å². The number of benzene rings is 1. The molecular weight excluding hydrogens is 234 g/mol. The molecule has 17 heavy (non-hydrogen) atoms. The summed E-state index contributed by atoms with van der Waals surface area (Å²) in [4.78, 5) is 8.93. The highest BCUT2D eigenvalue weighted by molar-refractivity contribution is 6.17. The number of imidazole rings is 1. The van der Waals surface area contributed by atoms with E-state index in [1.807, 2.05) is 24.4 Å². The van der Waals surface area contributed by atoms with Crippen LogP contribution in [-0.2, 0) is 12.4 Å². The molecule has 2 heterocycles. The molecule has 3 nitrogen and oxygen atoms in total. The van der Waals surface area contributed by atoms with Gasteiger partial charge < -0.3 is 4.57 Å². The van der Waals surface area contributed by atoms with Crippen molar-refractivity contribution < 1.29 is 0 Å². The second-order valence-corrected chi connectivity index (χ2v) is 4.18. The van der Waals surface area contributed by atoms with E-state index in [4.69, 9.17) is 11.6 Å². The summed E-state index contributed by atoms with van der Waals surface area (Å²) >= 11 is 5.93. The Balaban J connectivity index is 2.51. The lowest BCUT2D eigenvalue weighted by Gasteiger charge is -2.05. The SMILES string of the molecule is CCn1c(CCl)nc2cnc3ccccc3c21. The van der Waals surface area contributed by atoms with E-state index in [1.54, 1.807) is 0 Å². The molecule has 0 spiro atoms. The maximum atomic E-state index is 5.93. The summed E-state index contributed by atoms with van der Waals surface area (Å²) in [6.45, 7) is 2.97. The summed E-state index contributed by atoms with van der Waals surface area (Å²) in [5.41, 5.74) is 3.05. The number of halogens is 1. The minimum atomic E-state index is 0.427. The Morgan fingerprint density at radius 1 is 1.24 bits per heavy atom. The fourth-order valence-electron chi connectivity index (χ4n) is 2.25. The molecule has 0 aliphatic rings. The molecule has 0 aliphatic heterocycles. The lowest BCUT2D eigenvalue weighted by atomic mass is 10.2. The second kappa shape index (κ2) is 4.00. The third kappa shape index (κ3) is 1.50. The van der Waals surface area contributed by atoms with Crippen molar-refractivity contribution in [2.45, 2.75) is 19.3 Å². The molecule has 1 aromatic carbocycles. The highest BCUT2D eigenvalue weighted by atomic mass is 35.5.